The van der Waals surface area contributed by atoms with Crippen LogP contribution >= 0.6 is 0 Å². The summed E-state index contributed by atoms with van der Waals surface area (Å²) in [6, 6.07) is 0. The van der Waals surface area contributed by atoms with Crippen molar-refractivity contribution < 1.29 is 15.0 Å². The fourth-order valence-electron chi connectivity index (χ4n) is 9.14. The number of carbonyl (C=O) groups excluding carboxylic acids is 1. The monoisotopic (exact) mass is 418 g/mol. The van der Waals surface area contributed by atoms with E-state index < -0.39 is 11.7 Å². The van der Waals surface area contributed by atoms with Crippen LogP contribution in [0, 0.1) is 46.3 Å². The van der Waals surface area contributed by atoms with Crippen LogP contribution in [-0.2, 0) is 4.79 Å². The van der Waals surface area contributed by atoms with Crippen LogP contribution in [0.3, 0.4) is 0 Å². The summed E-state index contributed by atoms with van der Waals surface area (Å²) in [5, 5.41) is 20.2. The molecule has 4 rings (SSSR count). The van der Waals surface area contributed by atoms with E-state index in [4.69, 9.17) is 0 Å². The first-order valence-electron chi connectivity index (χ1n) is 12.9. The van der Waals surface area contributed by atoms with Gasteiger partial charge in [0, 0.05) is 5.92 Å². The van der Waals surface area contributed by atoms with E-state index in [1.54, 1.807) is 0 Å². The number of Topliss-reactive ketones (excluding diaryl/α,β-unsaturated/α-hetero) is 1. The fraction of sp³-hybridized carbons (Fsp3) is 0.963. The molecule has 0 saturated heterocycles. The van der Waals surface area contributed by atoms with E-state index in [1.807, 2.05) is 13.8 Å². The zero-order chi connectivity index (χ0) is 21.9. The summed E-state index contributed by atoms with van der Waals surface area (Å²) in [7, 11) is 0. The largest absolute Gasteiger partial charge is 0.390 e. The molecule has 0 amide bonds. The van der Waals surface area contributed by atoms with Crippen molar-refractivity contribution in [2.75, 3.05) is 0 Å². The molecule has 0 spiro atoms. The Morgan fingerprint density at radius 1 is 1.00 bits per heavy atom. The van der Waals surface area contributed by atoms with Gasteiger partial charge in [0.1, 0.15) is 6.10 Å². The van der Waals surface area contributed by atoms with Gasteiger partial charge in [-0.3, -0.25) is 4.79 Å². The summed E-state index contributed by atoms with van der Waals surface area (Å²) in [6.07, 6.45) is 11.8. The summed E-state index contributed by atoms with van der Waals surface area (Å²) >= 11 is 0. The van der Waals surface area contributed by atoms with Gasteiger partial charge in [0.2, 0.25) is 0 Å². The van der Waals surface area contributed by atoms with Crippen molar-refractivity contribution in [3.05, 3.63) is 0 Å². The minimum atomic E-state index is -0.700. The van der Waals surface area contributed by atoms with Gasteiger partial charge in [-0.1, -0.05) is 33.6 Å². The minimum Gasteiger partial charge on any atom is -0.390 e. The molecule has 2 N–H and O–H groups in total. The Bertz CT molecular complexity index is 651. The smallest absolute Gasteiger partial charge is 0.164 e. The van der Waals surface area contributed by atoms with Crippen LogP contribution in [-0.4, -0.2) is 27.7 Å². The van der Waals surface area contributed by atoms with Gasteiger partial charge in [0.15, 0.2) is 5.78 Å². The van der Waals surface area contributed by atoms with E-state index in [0.717, 1.165) is 49.4 Å². The van der Waals surface area contributed by atoms with E-state index >= 15 is 0 Å². The SMILES string of the molecule is CC(CCCC(C)(C)O)[C@H]1CC[C@H]2[C@@H]3CC[C@H]4C(=O)[C@@H](O)CC[C@]4(C)[C@H]3CC[C@]12C. The molecule has 4 aliphatic rings. The molecule has 0 aromatic heterocycles. The standard InChI is InChI=1S/C27H46O3/c1-17(7-6-14-25(2,3)30)19-10-11-20-18-8-9-22-24(29)23(28)13-16-27(22,5)21(18)12-15-26(19,20)4/h17-23,28,30H,6-16H2,1-5H3/t17?,18-,19+,20-,21-,22-,23-,26+,27+/m0/s1. The lowest BCUT2D eigenvalue weighted by Crippen LogP contribution is -2.57. The van der Waals surface area contributed by atoms with E-state index in [1.165, 1.54) is 38.5 Å². The van der Waals surface area contributed by atoms with E-state index in [0.29, 0.717) is 17.8 Å². The average Bonchev–Trinajstić information content (AvgIpc) is 3.01. The van der Waals surface area contributed by atoms with Crippen molar-refractivity contribution in [2.24, 2.45) is 46.3 Å². The molecule has 0 heterocycles. The van der Waals surface area contributed by atoms with Gasteiger partial charge in [-0.25, -0.2) is 0 Å². The van der Waals surface area contributed by atoms with Crippen molar-refractivity contribution >= 4 is 5.78 Å². The second-order valence-electron chi connectivity index (χ2n) is 12.9. The molecular weight excluding hydrogens is 372 g/mol. The van der Waals surface area contributed by atoms with Gasteiger partial charge in [-0.05, 0) is 112 Å². The second kappa shape index (κ2) is 7.87. The van der Waals surface area contributed by atoms with Gasteiger partial charge in [0.05, 0.1) is 5.60 Å². The van der Waals surface area contributed by atoms with E-state index in [9.17, 15) is 15.0 Å². The highest BCUT2D eigenvalue weighted by Gasteiger charge is 2.61. The molecule has 0 radical (unpaired) electrons. The molecule has 30 heavy (non-hydrogen) atoms. The maximum atomic E-state index is 12.8. The Morgan fingerprint density at radius 3 is 2.37 bits per heavy atom. The molecule has 4 fully saturated rings. The zero-order valence-electron chi connectivity index (χ0n) is 20.1. The zero-order valence-corrected chi connectivity index (χ0v) is 20.1. The van der Waals surface area contributed by atoms with Crippen molar-refractivity contribution in [1.29, 1.82) is 0 Å². The molecule has 9 atom stereocenters. The number of fused-ring (bicyclic) bond motifs is 5. The number of aliphatic hydroxyl groups is 2. The van der Waals surface area contributed by atoms with Crippen molar-refractivity contribution in [1.82, 2.24) is 0 Å². The lowest BCUT2D eigenvalue weighted by molar-refractivity contribution is -0.160. The van der Waals surface area contributed by atoms with Crippen LogP contribution < -0.4 is 0 Å². The van der Waals surface area contributed by atoms with Crippen LogP contribution in [0.2, 0.25) is 0 Å². The quantitative estimate of drug-likeness (QED) is 0.596. The summed E-state index contributed by atoms with van der Waals surface area (Å²) in [6.45, 7) is 11.3. The Kier molecular flexibility index (Phi) is 5.97. The Hall–Kier alpha value is -0.410. The Balaban J connectivity index is 1.47. The molecule has 4 saturated carbocycles. The molecule has 0 aromatic carbocycles. The number of hydrogen-bond donors (Lipinski definition) is 2. The predicted octanol–water partition coefficient (Wildman–Crippen LogP) is 5.76. The maximum Gasteiger partial charge on any atom is 0.164 e. The second-order valence-corrected chi connectivity index (χ2v) is 12.9. The third-order valence-corrected chi connectivity index (χ3v) is 10.7. The first kappa shape index (κ1) is 22.8. The van der Waals surface area contributed by atoms with Gasteiger partial charge in [0.25, 0.3) is 0 Å². The topological polar surface area (TPSA) is 57.5 Å². The highest BCUT2D eigenvalue weighted by molar-refractivity contribution is 5.86. The van der Waals surface area contributed by atoms with Crippen LogP contribution in [0.1, 0.15) is 105 Å². The van der Waals surface area contributed by atoms with Gasteiger partial charge >= 0.3 is 0 Å². The molecular formula is C27H46O3. The lowest BCUT2D eigenvalue weighted by Gasteiger charge is -2.60. The Labute approximate surface area is 184 Å². The molecule has 172 valence electrons. The molecule has 3 heteroatoms. The normalized spacial score (nSPS) is 47.4. The molecule has 3 nitrogen and oxygen atoms in total. The van der Waals surface area contributed by atoms with E-state index in [-0.39, 0.29) is 17.1 Å². The number of hydrogen-bond acceptors (Lipinski definition) is 3. The number of ketones is 1. The van der Waals surface area contributed by atoms with Gasteiger partial charge in [-0.15, -0.1) is 0 Å². The molecule has 0 bridgehead atoms. The first-order chi connectivity index (χ1) is 14.0. The van der Waals surface area contributed by atoms with Crippen molar-refractivity contribution in [3.8, 4) is 0 Å². The van der Waals surface area contributed by atoms with E-state index in [2.05, 4.69) is 20.8 Å². The predicted molar refractivity (Wildman–Crippen MR) is 121 cm³/mol. The summed E-state index contributed by atoms with van der Waals surface area (Å²) in [5.74, 6) is 4.07. The average molecular weight is 419 g/mol. The summed E-state index contributed by atoms with van der Waals surface area (Å²) < 4.78 is 0. The first-order valence-corrected chi connectivity index (χ1v) is 12.9. The van der Waals surface area contributed by atoms with Crippen LogP contribution in [0.4, 0.5) is 0 Å². The van der Waals surface area contributed by atoms with Gasteiger partial charge in [-0.2, -0.15) is 0 Å². The highest BCUT2D eigenvalue weighted by atomic mass is 16.3. The minimum absolute atomic E-state index is 0.102. The summed E-state index contributed by atoms with van der Waals surface area (Å²) in [4.78, 5) is 12.8. The number of carbonyl (C=O) groups is 1. The fourth-order valence-corrected chi connectivity index (χ4v) is 9.14. The third-order valence-electron chi connectivity index (χ3n) is 10.7. The highest BCUT2D eigenvalue weighted by Crippen LogP contribution is 2.68. The molecule has 4 aliphatic carbocycles. The van der Waals surface area contributed by atoms with Crippen molar-refractivity contribution in [2.45, 2.75) is 117 Å². The Morgan fingerprint density at radius 2 is 1.67 bits per heavy atom. The van der Waals surface area contributed by atoms with Crippen molar-refractivity contribution in [3.63, 3.8) is 0 Å². The molecule has 0 aromatic rings. The van der Waals surface area contributed by atoms with Crippen LogP contribution in [0.15, 0.2) is 0 Å². The molecule has 1 unspecified atom stereocenters. The lowest BCUT2D eigenvalue weighted by atomic mass is 9.44. The molecule has 0 aliphatic heterocycles. The summed E-state index contributed by atoms with van der Waals surface area (Å²) in [5.41, 5.74) is 0.0344. The van der Waals surface area contributed by atoms with Crippen LogP contribution in [0.25, 0.3) is 0 Å². The maximum absolute atomic E-state index is 12.8. The third kappa shape index (κ3) is 3.70. The van der Waals surface area contributed by atoms with Gasteiger partial charge < -0.3 is 10.2 Å². The number of rotatable bonds is 5. The van der Waals surface area contributed by atoms with Crippen LogP contribution in [0.5, 0.6) is 0 Å². The number of aliphatic hydroxyl groups excluding tert-OH is 1.